The van der Waals surface area contributed by atoms with Gasteiger partial charge in [0, 0.05) is 5.54 Å². The van der Waals surface area contributed by atoms with E-state index in [4.69, 9.17) is 5.73 Å². The van der Waals surface area contributed by atoms with Gasteiger partial charge in [0.05, 0.1) is 0 Å². The first-order valence-corrected chi connectivity index (χ1v) is 4.54. The maximum Gasteiger partial charge on any atom is 0.573 e. The van der Waals surface area contributed by atoms with Crippen molar-refractivity contribution < 1.29 is 17.9 Å². The molecule has 6 heteroatoms. The first-order valence-electron chi connectivity index (χ1n) is 4.54. The molecular weight excluding hydrogens is 243 g/mol. The normalized spacial score (nSPS) is 17.5. The number of rotatable bonds is 2. The van der Waals surface area contributed by atoms with E-state index in [9.17, 15) is 13.2 Å². The van der Waals surface area contributed by atoms with Gasteiger partial charge in [-0.2, -0.15) is 0 Å². The lowest BCUT2D eigenvalue weighted by molar-refractivity contribution is -0.274. The van der Waals surface area contributed by atoms with Crippen LogP contribution in [0.2, 0.25) is 0 Å². The van der Waals surface area contributed by atoms with Gasteiger partial charge < -0.3 is 10.5 Å². The summed E-state index contributed by atoms with van der Waals surface area (Å²) in [4.78, 5) is 0. The van der Waals surface area contributed by atoms with E-state index in [0.29, 0.717) is 0 Å². The van der Waals surface area contributed by atoms with Crippen molar-refractivity contribution in [1.29, 1.82) is 0 Å². The number of nitrogens with two attached hydrogens (primary N) is 1. The first-order chi connectivity index (χ1) is 6.89. The second-order valence-corrected chi connectivity index (χ2v) is 3.73. The molecule has 0 heterocycles. The Balaban J connectivity index is 0.00000128. The highest BCUT2D eigenvalue weighted by Gasteiger charge is 2.40. The van der Waals surface area contributed by atoms with Crippen LogP contribution in [0.4, 0.5) is 13.2 Å². The lowest BCUT2D eigenvalue weighted by Crippen LogP contribution is -2.19. The van der Waals surface area contributed by atoms with Crippen molar-refractivity contribution in [3.8, 4) is 5.75 Å². The molecule has 90 valence electrons. The molecular formula is C10H11ClF3NO. The lowest BCUT2D eigenvalue weighted by atomic mass is 10.1. The summed E-state index contributed by atoms with van der Waals surface area (Å²) in [6, 6.07) is 5.73. The largest absolute Gasteiger partial charge is 0.573 e. The summed E-state index contributed by atoms with van der Waals surface area (Å²) in [7, 11) is 0. The van der Waals surface area contributed by atoms with Gasteiger partial charge in [0.1, 0.15) is 5.75 Å². The summed E-state index contributed by atoms with van der Waals surface area (Å²) in [5, 5.41) is 0. The van der Waals surface area contributed by atoms with Crippen LogP contribution in [0, 0.1) is 0 Å². The molecule has 0 amide bonds. The molecule has 1 fully saturated rings. The van der Waals surface area contributed by atoms with E-state index in [0.717, 1.165) is 18.4 Å². The third kappa shape index (κ3) is 3.02. The van der Waals surface area contributed by atoms with E-state index in [1.807, 2.05) is 0 Å². The van der Waals surface area contributed by atoms with Crippen molar-refractivity contribution in [3.05, 3.63) is 29.8 Å². The minimum Gasteiger partial charge on any atom is -0.406 e. The molecule has 0 bridgehead atoms. The molecule has 0 saturated heterocycles. The first kappa shape index (κ1) is 13.1. The van der Waals surface area contributed by atoms with Crippen molar-refractivity contribution in [3.63, 3.8) is 0 Å². The summed E-state index contributed by atoms with van der Waals surface area (Å²) >= 11 is 0. The third-order valence-corrected chi connectivity index (χ3v) is 2.45. The molecule has 0 atom stereocenters. The van der Waals surface area contributed by atoms with Gasteiger partial charge in [-0.05, 0) is 30.5 Å². The quantitative estimate of drug-likeness (QED) is 0.880. The van der Waals surface area contributed by atoms with E-state index in [2.05, 4.69) is 4.74 Å². The molecule has 0 radical (unpaired) electrons. The van der Waals surface area contributed by atoms with Crippen LogP contribution in [-0.4, -0.2) is 6.36 Å². The van der Waals surface area contributed by atoms with Gasteiger partial charge >= 0.3 is 6.36 Å². The second-order valence-electron chi connectivity index (χ2n) is 3.73. The molecule has 2 N–H and O–H groups in total. The van der Waals surface area contributed by atoms with Crippen LogP contribution < -0.4 is 10.5 Å². The number of alkyl halides is 3. The summed E-state index contributed by atoms with van der Waals surface area (Å²) in [6.07, 6.45) is -2.87. The number of hydrogen-bond donors (Lipinski definition) is 1. The maximum absolute atomic E-state index is 11.8. The highest BCUT2D eigenvalue weighted by atomic mass is 35.5. The molecule has 1 aromatic rings. The van der Waals surface area contributed by atoms with Crippen LogP contribution in [0.1, 0.15) is 18.4 Å². The number of halogens is 4. The minimum absolute atomic E-state index is 0. The van der Waals surface area contributed by atoms with Crippen molar-refractivity contribution in [1.82, 2.24) is 0 Å². The summed E-state index contributed by atoms with van der Waals surface area (Å²) in [5.41, 5.74) is 6.42. The molecule has 16 heavy (non-hydrogen) atoms. The monoisotopic (exact) mass is 253 g/mol. The van der Waals surface area contributed by atoms with Crippen LogP contribution >= 0.6 is 12.4 Å². The highest BCUT2D eigenvalue weighted by Crippen LogP contribution is 2.43. The van der Waals surface area contributed by atoms with Gasteiger partial charge in [-0.25, -0.2) is 0 Å². The van der Waals surface area contributed by atoms with Crippen molar-refractivity contribution in [2.24, 2.45) is 5.73 Å². The zero-order valence-electron chi connectivity index (χ0n) is 8.25. The number of benzene rings is 1. The zero-order valence-corrected chi connectivity index (χ0v) is 9.07. The predicted octanol–water partition coefficient (Wildman–Crippen LogP) is 2.95. The zero-order chi connectivity index (χ0) is 11.1. The molecule has 0 aromatic heterocycles. The van der Waals surface area contributed by atoms with Gasteiger partial charge in [-0.15, -0.1) is 25.6 Å². The SMILES string of the molecule is Cl.NC1(c2ccc(OC(F)(F)F)cc2)CC1. The maximum atomic E-state index is 11.8. The standard InChI is InChI=1S/C10H10F3NO.ClH/c11-10(12,13)15-8-3-1-7(2-4-8)9(14)5-6-9;/h1-4H,5-6,14H2;1H. The Kier molecular flexibility index (Phi) is 3.40. The van der Waals surface area contributed by atoms with Gasteiger partial charge in [-0.3, -0.25) is 0 Å². The molecule has 2 nitrogen and oxygen atoms in total. The Morgan fingerprint density at radius 3 is 2.00 bits per heavy atom. The third-order valence-electron chi connectivity index (χ3n) is 2.45. The summed E-state index contributed by atoms with van der Waals surface area (Å²) < 4.78 is 39.3. The lowest BCUT2D eigenvalue weighted by Gasteiger charge is -2.11. The van der Waals surface area contributed by atoms with Crippen molar-refractivity contribution in [2.45, 2.75) is 24.7 Å². The van der Waals surface area contributed by atoms with Crippen LogP contribution in [0.25, 0.3) is 0 Å². The van der Waals surface area contributed by atoms with E-state index >= 15 is 0 Å². The van der Waals surface area contributed by atoms with Gasteiger partial charge in [-0.1, -0.05) is 12.1 Å². The Morgan fingerprint density at radius 2 is 1.62 bits per heavy atom. The Labute approximate surface area is 97.0 Å². The minimum atomic E-state index is -4.64. The van der Waals surface area contributed by atoms with E-state index in [1.165, 1.54) is 12.1 Å². The molecule has 0 spiro atoms. The molecule has 1 aliphatic carbocycles. The fraction of sp³-hybridized carbons (Fsp3) is 0.400. The van der Waals surface area contributed by atoms with Crippen LogP contribution in [0.5, 0.6) is 5.75 Å². The molecule has 0 unspecified atom stereocenters. The highest BCUT2D eigenvalue weighted by molar-refractivity contribution is 5.85. The van der Waals surface area contributed by atoms with E-state index < -0.39 is 6.36 Å². The Bertz CT molecular complexity index is 359. The molecule has 0 aliphatic heterocycles. The fourth-order valence-corrected chi connectivity index (χ4v) is 1.41. The van der Waals surface area contributed by atoms with Crippen LogP contribution in [-0.2, 0) is 5.54 Å². The fourth-order valence-electron chi connectivity index (χ4n) is 1.41. The van der Waals surface area contributed by atoms with Gasteiger partial charge in [0.25, 0.3) is 0 Å². The second kappa shape index (κ2) is 4.14. The molecule has 1 aliphatic rings. The van der Waals surface area contributed by atoms with Crippen LogP contribution in [0.3, 0.4) is 0 Å². The van der Waals surface area contributed by atoms with Gasteiger partial charge in [0.2, 0.25) is 0 Å². The van der Waals surface area contributed by atoms with E-state index in [1.54, 1.807) is 12.1 Å². The number of ether oxygens (including phenoxy) is 1. The topological polar surface area (TPSA) is 35.2 Å². The molecule has 2 rings (SSSR count). The van der Waals surface area contributed by atoms with E-state index in [-0.39, 0.29) is 23.7 Å². The molecule has 1 aromatic carbocycles. The summed E-state index contributed by atoms with van der Waals surface area (Å²) in [6.45, 7) is 0. The smallest absolute Gasteiger partial charge is 0.406 e. The Hall–Kier alpha value is -0.940. The van der Waals surface area contributed by atoms with Crippen molar-refractivity contribution in [2.75, 3.05) is 0 Å². The van der Waals surface area contributed by atoms with Gasteiger partial charge in [0.15, 0.2) is 0 Å². The van der Waals surface area contributed by atoms with Crippen LogP contribution in [0.15, 0.2) is 24.3 Å². The average molecular weight is 254 g/mol. The molecule has 1 saturated carbocycles. The number of hydrogen-bond acceptors (Lipinski definition) is 2. The summed E-state index contributed by atoms with van der Waals surface area (Å²) in [5.74, 6) is -0.212. The predicted molar refractivity (Wildman–Crippen MR) is 55.5 cm³/mol. The van der Waals surface area contributed by atoms with Crippen molar-refractivity contribution >= 4 is 12.4 Å². The Morgan fingerprint density at radius 1 is 1.12 bits per heavy atom. The average Bonchev–Trinajstić information content (AvgIpc) is 2.83.